The summed E-state index contributed by atoms with van der Waals surface area (Å²) >= 11 is 0. The molecule has 0 radical (unpaired) electrons. The van der Waals surface area contributed by atoms with Gasteiger partial charge < -0.3 is 5.32 Å². The Labute approximate surface area is 124 Å². The van der Waals surface area contributed by atoms with Crippen LogP contribution in [0.15, 0.2) is 58.8 Å². The molecule has 2 aromatic rings. The van der Waals surface area contributed by atoms with E-state index in [0.29, 0.717) is 12.1 Å². The maximum Gasteiger partial charge on any atom is 0.251 e. The number of nitrogens with one attached hydrogen (secondary N) is 1. The van der Waals surface area contributed by atoms with Crippen LogP contribution < -0.4 is 5.32 Å². The van der Waals surface area contributed by atoms with Gasteiger partial charge in [0.15, 0.2) is 0 Å². The number of rotatable bonds is 5. The van der Waals surface area contributed by atoms with Gasteiger partial charge >= 0.3 is 0 Å². The maximum absolute atomic E-state index is 11.8. The number of nitrogens with zero attached hydrogens (tertiary/aromatic N) is 2. The normalized spacial score (nSPS) is 10.8. The molecule has 4 heteroatoms. The third-order valence-corrected chi connectivity index (χ3v) is 2.98. The molecular weight excluding hydrogens is 262 g/mol. The van der Waals surface area contributed by atoms with Crippen molar-refractivity contribution in [1.29, 1.82) is 0 Å². The second-order valence-electron chi connectivity index (χ2n) is 4.84. The Morgan fingerprint density at radius 2 is 1.48 bits per heavy atom. The van der Waals surface area contributed by atoms with E-state index < -0.39 is 0 Å². The second-order valence-corrected chi connectivity index (χ2v) is 4.84. The number of carbonyl (C=O) groups is 1. The molecule has 0 bridgehead atoms. The SMILES string of the molecule is CCCNC(=O)c1ccc(N=Nc2ccc(C)cc2)cc1. The molecule has 0 saturated carbocycles. The van der Waals surface area contributed by atoms with Crippen LogP contribution >= 0.6 is 0 Å². The molecule has 4 nitrogen and oxygen atoms in total. The summed E-state index contributed by atoms with van der Waals surface area (Å²) in [6.45, 7) is 4.74. The van der Waals surface area contributed by atoms with Gasteiger partial charge in [0.05, 0.1) is 11.4 Å². The monoisotopic (exact) mass is 281 g/mol. The van der Waals surface area contributed by atoms with Crippen LogP contribution in [-0.2, 0) is 0 Å². The highest BCUT2D eigenvalue weighted by molar-refractivity contribution is 5.94. The van der Waals surface area contributed by atoms with Crippen LogP contribution in [0.5, 0.6) is 0 Å². The summed E-state index contributed by atoms with van der Waals surface area (Å²) < 4.78 is 0. The van der Waals surface area contributed by atoms with Gasteiger partial charge in [0.25, 0.3) is 5.91 Å². The number of carbonyl (C=O) groups excluding carboxylic acids is 1. The lowest BCUT2D eigenvalue weighted by Crippen LogP contribution is -2.23. The van der Waals surface area contributed by atoms with Gasteiger partial charge in [-0.25, -0.2) is 0 Å². The summed E-state index contributed by atoms with van der Waals surface area (Å²) in [5.41, 5.74) is 3.36. The summed E-state index contributed by atoms with van der Waals surface area (Å²) in [4.78, 5) is 11.8. The van der Waals surface area contributed by atoms with Crippen molar-refractivity contribution >= 4 is 17.3 Å². The molecule has 0 fully saturated rings. The number of hydrogen-bond acceptors (Lipinski definition) is 3. The molecule has 21 heavy (non-hydrogen) atoms. The summed E-state index contributed by atoms with van der Waals surface area (Å²) in [6.07, 6.45) is 0.925. The van der Waals surface area contributed by atoms with Gasteiger partial charge in [-0.3, -0.25) is 4.79 Å². The zero-order valence-electron chi connectivity index (χ0n) is 12.3. The highest BCUT2D eigenvalue weighted by Gasteiger charge is 2.03. The molecule has 0 aliphatic rings. The molecule has 0 aliphatic heterocycles. The first-order chi connectivity index (χ1) is 10.2. The van der Waals surface area contributed by atoms with E-state index in [-0.39, 0.29) is 5.91 Å². The fourth-order valence-corrected chi connectivity index (χ4v) is 1.75. The standard InChI is InChI=1S/C17H19N3O/c1-3-12-18-17(21)14-6-10-16(11-7-14)20-19-15-8-4-13(2)5-9-15/h4-11H,3,12H2,1-2H3,(H,18,21). The van der Waals surface area contributed by atoms with Crippen LogP contribution in [0.25, 0.3) is 0 Å². The number of azo groups is 1. The molecule has 108 valence electrons. The number of benzene rings is 2. The lowest BCUT2D eigenvalue weighted by atomic mass is 10.2. The van der Waals surface area contributed by atoms with E-state index in [4.69, 9.17) is 0 Å². The van der Waals surface area contributed by atoms with E-state index in [0.717, 1.165) is 17.8 Å². The minimum absolute atomic E-state index is 0.0566. The van der Waals surface area contributed by atoms with Crippen molar-refractivity contribution in [2.45, 2.75) is 20.3 Å². The zero-order chi connectivity index (χ0) is 15.1. The molecule has 2 aromatic carbocycles. The first-order valence-corrected chi connectivity index (χ1v) is 7.05. The Hall–Kier alpha value is -2.49. The molecule has 0 heterocycles. The van der Waals surface area contributed by atoms with Crippen LogP contribution in [0.4, 0.5) is 11.4 Å². The minimum atomic E-state index is -0.0566. The van der Waals surface area contributed by atoms with Gasteiger partial charge in [-0.05, 0) is 49.7 Å². The molecule has 1 amide bonds. The molecule has 1 N–H and O–H groups in total. The molecule has 0 spiro atoms. The van der Waals surface area contributed by atoms with E-state index in [1.54, 1.807) is 24.3 Å². The van der Waals surface area contributed by atoms with Crippen molar-refractivity contribution in [3.63, 3.8) is 0 Å². The Balaban J connectivity index is 2.02. The van der Waals surface area contributed by atoms with Crippen molar-refractivity contribution in [3.8, 4) is 0 Å². The first-order valence-electron chi connectivity index (χ1n) is 7.05. The average Bonchev–Trinajstić information content (AvgIpc) is 2.52. The van der Waals surface area contributed by atoms with Crippen molar-refractivity contribution in [1.82, 2.24) is 5.32 Å². The van der Waals surface area contributed by atoms with Crippen LogP contribution in [0.3, 0.4) is 0 Å². The molecular formula is C17H19N3O. The Bertz CT molecular complexity index is 615. The van der Waals surface area contributed by atoms with E-state index in [1.165, 1.54) is 5.56 Å². The second kappa shape index (κ2) is 7.33. The molecule has 0 saturated heterocycles. The van der Waals surface area contributed by atoms with E-state index >= 15 is 0 Å². The van der Waals surface area contributed by atoms with Gasteiger partial charge in [-0.15, -0.1) is 0 Å². The predicted octanol–water partition coefficient (Wildman–Crippen LogP) is 4.55. The highest BCUT2D eigenvalue weighted by Crippen LogP contribution is 2.19. The quantitative estimate of drug-likeness (QED) is 0.803. The first kappa shape index (κ1) is 14.9. The van der Waals surface area contributed by atoms with Gasteiger partial charge in [0.2, 0.25) is 0 Å². The van der Waals surface area contributed by atoms with E-state index in [2.05, 4.69) is 15.5 Å². The van der Waals surface area contributed by atoms with Crippen molar-refractivity contribution in [2.24, 2.45) is 10.2 Å². The third kappa shape index (κ3) is 4.53. The topological polar surface area (TPSA) is 53.8 Å². The Morgan fingerprint density at radius 3 is 2.00 bits per heavy atom. The summed E-state index contributed by atoms with van der Waals surface area (Å²) in [5.74, 6) is -0.0566. The number of aryl methyl sites for hydroxylation is 1. The van der Waals surface area contributed by atoms with Gasteiger partial charge in [0.1, 0.15) is 0 Å². The van der Waals surface area contributed by atoms with Crippen molar-refractivity contribution < 1.29 is 4.79 Å². The molecule has 0 atom stereocenters. The predicted molar refractivity (Wildman–Crippen MR) is 84.4 cm³/mol. The van der Waals surface area contributed by atoms with Crippen LogP contribution in [-0.4, -0.2) is 12.5 Å². The fraction of sp³-hybridized carbons (Fsp3) is 0.235. The lowest BCUT2D eigenvalue weighted by Gasteiger charge is -2.03. The van der Waals surface area contributed by atoms with Crippen molar-refractivity contribution in [2.75, 3.05) is 6.54 Å². The van der Waals surface area contributed by atoms with Crippen LogP contribution in [0, 0.1) is 6.92 Å². The number of amides is 1. The lowest BCUT2D eigenvalue weighted by molar-refractivity contribution is 0.0953. The molecule has 0 aliphatic carbocycles. The van der Waals surface area contributed by atoms with Crippen LogP contribution in [0.1, 0.15) is 29.3 Å². The summed E-state index contributed by atoms with van der Waals surface area (Å²) in [5, 5.41) is 11.2. The third-order valence-electron chi connectivity index (χ3n) is 2.98. The minimum Gasteiger partial charge on any atom is -0.352 e. The van der Waals surface area contributed by atoms with E-state index in [1.807, 2.05) is 38.1 Å². The fourth-order valence-electron chi connectivity index (χ4n) is 1.75. The maximum atomic E-state index is 11.8. The van der Waals surface area contributed by atoms with Crippen molar-refractivity contribution in [3.05, 3.63) is 59.7 Å². The summed E-state index contributed by atoms with van der Waals surface area (Å²) in [7, 11) is 0. The Kier molecular flexibility index (Phi) is 5.21. The molecule has 0 aromatic heterocycles. The summed E-state index contributed by atoms with van der Waals surface area (Å²) in [6, 6.07) is 14.9. The Morgan fingerprint density at radius 1 is 0.952 bits per heavy atom. The highest BCUT2D eigenvalue weighted by atomic mass is 16.1. The molecule has 2 rings (SSSR count). The largest absolute Gasteiger partial charge is 0.352 e. The molecule has 0 unspecified atom stereocenters. The van der Waals surface area contributed by atoms with E-state index in [9.17, 15) is 4.79 Å². The zero-order valence-corrected chi connectivity index (χ0v) is 12.3. The van der Waals surface area contributed by atoms with Crippen LogP contribution in [0.2, 0.25) is 0 Å². The average molecular weight is 281 g/mol. The van der Waals surface area contributed by atoms with Gasteiger partial charge in [-0.2, -0.15) is 10.2 Å². The van der Waals surface area contributed by atoms with Gasteiger partial charge in [0, 0.05) is 12.1 Å². The van der Waals surface area contributed by atoms with Gasteiger partial charge in [-0.1, -0.05) is 24.6 Å². The number of hydrogen-bond donors (Lipinski definition) is 1. The smallest absolute Gasteiger partial charge is 0.251 e.